The summed E-state index contributed by atoms with van der Waals surface area (Å²) in [5.41, 5.74) is 0.737. The van der Waals surface area contributed by atoms with Crippen molar-refractivity contribution in [2.75, 3.05) is 18.0 Å². The minimum atomic E-state index is -4.34. The summed E-state index contributed by atoms with van der Waals surface area (Å²) in [6.07, 6.45) is -3.80. The van der Waals surface area contributed by atoms with E-state index in [1.165, 1.54) is 0 Å². The quantitative estimate of drug-likeness (QED) is 0.858. The van der Waals surface area contributed by atoms with Crippen molar-refractivity contribution < 1.29 is 13.2 Å². The van der Waals surface area contributed by atoms with E-state index in [2.05, 4.69) is 4.98 Å². The molecule has 6 heteroatoms. The largest absolute Gasteiger partial charge is 0.405 e. The number of halogens is 3. The molecule has 0 saturated carbocycles. The lowest BCUT2D eigenvalue weighted by molar-refractivity contribution is -0.119. The normalized spacial score (nSPS) is 11.4. The molecule has 2 rings (SSSR count). The minimum Gasteiger partial charge on any atom is -0.346 e. The number of aromatic nitrogens is 1. The first-order valence-electron chi connectivity index (χ1n) is 6.56. The van der Waals surface area contributed by atoms with E-state index >= 15 is 0 Å². The number of nitrogens with zero attached hydrogens (tertiary/aromatic N) is 3. The van der Waals surface area contributed by atoms with Gasteiger partial charge in [-0.15, -0.1) is 0 Å². The molecule has 2 aromatic rings. The molecule has 0 N–H and O–H groups in total. The molecule has 0 atom stereocenters. The molecule has 0 fully saturated rings. The molecule has 0 amide bonds. The van der Waals surface area contributed by atoms with E-state index < -0.39 is 12.7 Å². The van der Waals surface area contributed by atoms with Crippen LogP contribution in [0.4, 0.5) is 19.0 Å². The van der Waals surface area contributed by atoms with Gasteiger partial charge in [-0.05, 0) is 18.6 Å². The minimum absolute atomic E-state index is 0.0929. The van der Waals surface area contributed by atoms with Gasteiger partial charge in [0.2, 0.25) is 0 Å². The van der Waals surface area contributed by atoms with Gasteiger partial charge in [0.15, 0.2) is 0 Å². The zero-order valence-corrected chi connectivity index (χ0v) is 11.5. The van der Waals surface area contributed by atoms with E-state index in [9.17, 15) is 18.4 Å². The highest BCUT2D eigenvalue weighted by Gasteiger charge is 2.32. The maximum Gasteiger partial charge on any atom is 0.405 e. The second kappa shape index (κ2) is 6.00. The van der Waals surface area contributed by atoms with Crippen molar-refractivity contribution in [2.24, 2.45) is 0 Å². The first-order chi connectivity index (χ1) is 9.94. The highest BCUT2D eigenvalue weighted by Crippen LogP contribution is 2.26. The van der Waals surface area contributed by atoms with Gasteiger partial charge in [0.05, 0.1) is 11.1 Å². The molecule has 0 bridgehead atoms. The third-order valence-corrected chi connectivity index (χ3v) is 2.99. The number of para-hydroxylation sites is 1. The Labute approximate surface area is 120 Å². The molecule has 1 aromatic heterocycles. The Kier molecular flexibility index (Phi) is 4.32. The van der Waals surface area contributed by atoms with Crippen molar-refractivity contribution in [1.29, 1.82) is 5.26 Å². The van der Waals surface area contributed by atoms with Gasteiger partial charge < -0.3 is 4.90 Å². The SMILES string of the molecule is CCCN(CC(F)(F)F)c1nc2ccccc2cc1C#N. The van der Waals surface area contributed by atoms with E-state index in [1.807, 2.05) is 6.07 Å². The van der Waals surface area contributed by atoms with Crippen molar-refractivity contribution in [3.63, 3.8) is 0 Å². The van der Waals surface area contributed by atoms with Crippen molar-refractivity contribution in [3.8, 4) is 6.07 Å². The van der Waals surface area contributed by atoms with Crippen LogP contribution >= 0.6 is 0 Å². The number of pyridine rings is 1. The smallest absolute Gasteiger partial charge is 0.346 e. The van der Waals surface area contributed by atoms with Gasteiger partial charge in [-0.2, -0.15) is 18.4 Å². The third kappa shape index (κ3) is 3.63. The Morgan fingerprint density at radius 2 is 2.00 bits per heavy atom. The zero-order valence-electron chi connectivity index (χ0n) is 11.5. The number of fused-ring (bicyclic) bond motifs is 1. The summed E-state index contributed by atoms with van der Waals surface area (Å²) in [6.45, 7) is 0.872. The molecular weight excluding hydrogens is 279 g/mol. The first kappa shape index (κ1) is 15.1. The number of alkyl halides is 3. The Bertz CT molecular complexity index is 674. The molecular formula is C15H14F3N3. The fourth-order valence-electron chi connectivity index (χ4n) is 2.18. The summed E-state index contributed by atoms with van der Waals surface area (Å²) in [6, 6.07) is 10.6. The van der Waals surface area contributed by atoms with E-state index in [0.29, 0.717) is 11.9 Å². The lowest BCUT2D eigenvalue weighted by Crippen LogP contribution is -2.36. The second-order valence-electron chi connectivity index (χ2n) is 4.70. The third-order valence-electron chi connectivity index (χ3n) is 2.99. The van der Waals surface area contributed by atoms with Crippen molar-refractivity contribution >= 4 is 16.7 Å². The molecule has 21 heavy (non-hydrogen) atoms. The van der Waals surface area contributed by atoms with Gasteiger partial charge in [-0.1, -0.05) is 25.1 Å². The Balaban J connectivity index is 2.52. The average Bonchev–Trinajstić information content (AvgIpc) is 2.44. The molecule has 0 spiro atoms. The number of anilines is 1. The van der Waals surface area contributed by atoms with Gasteiger partial charge in [-0.3, -0.25) is 0 Å². The van der Waals surface area contributed by atoms with Crippen LogP contribution in [-0.2, 0) is 0 Å². The van der Waals surface area contributed by atoms with Gasteiger partial charge in [-0.25, -0.2) is 4.98 Å². The van der Waals surface area contributed by atoms with Gasteiger partial charge in [0.1, 0.15) is 18.4 Å². The molecule has 0 radical (unpaired) electrons. The molecule has 3 nitrogen and oxygen atoms in total. The lowest BCUT2D eigenvalue weighted by Gasteiger charge is -2.25. The molecule has 110 valence electrons. The van der Waals surface area contributed by atoms with Gasteiger partial charge in [0, 0.05) is 11.9 Å². The predicted octanol–water partition coefficient (Wildman–Crippen LogP) is 3.89. The maximum absolute atomic E-state index is 12.7. The van der Waals surface area contributed by atoms with E-state index in [-0.39, 0.29) is 17.9 Å². The van der Waals surface area contributed by atoms with Gasteiger partial charge >= 0.3 is 6.18 Å². The Morgan fingerprint density at radius 1 is 1.29 bits per heavy atom. The molecule has 0 unspecified atom stereocenters. The molecule has 0 aliphatic heterocycles. The first-order valence-corrected chi connectivity index (χ1v) is 6.56. The van der Waals surface area contributed by atoms with Crippen LogP contribution in [0.25, 0.3) is 10.9 Å². The fraction of sp³-hybridized carbons (Fsp3) is 0.333. The second-order valence-corrected chi connectivity index (χ2v) is 4.70. The summed E-state index contributed by atoms with van der Waals surface area (Å²) in [5, 5.41) is 9.93. The van der Waals surface area contributed by atoms with E-state index in [1.54, 1.807) is 37.3 Å². The van der Waals surface area contributed by atoms with Crippen molar-refractivity contribution in [1.82, 2.24) is 4.98 Å². The van der Waals surface area contributed by atoms with Crippen LogP contribution in [0.2, 0.25) is 0 Å². The molecule has 1 aromatic carbocycles. The molecule has 0 aliphatic carbocycles. The zero-order chi connectivity index (χ0) is 15.5. The van der Waals surface area contributed by atoms with E-state index in [0.717, 1.165) is 10.3 Å². The number of hydrogen-bond acceptors (Lipinski definition) is 3. The van der Waals surface area contributed by atoms with Crippen LogP contribution in [0.15, 0.2) is 30.3 Å². The molecule has 1 heterocycles. The van der Waals surface area contributed by atoms with Crippen LogP contribution in [0.5, 0.6) is 0 Å². The van der Waals surface area contributed by atoms with Crippen molar-refractivity contribution in [3.05, 3.63) is 35.9 Å². The highest BCUT2D eigenvalue weighted by atomic mass is 19.4. The summed E-state index contributed by atoms with van der Waals surface area (Å²) < 4.78 is 38.1. The Hall–Kier alpha value is -2.29. The topological polar surface area (TPSA) is 39.9 Å². The predicted molar refractivity (Wildman–Crippen MR) is 75.0 cm³/mol. The highest BCUT2D eigenvalue weighted by molar-refractivity contribution is 5.83. The summed E-state index contributed by atoms with van der Waals surface area (Å²) in [7, 11) is 0. The monoisotopic (exact) mass is 293 g/mol. The lowest BCUT2D eigenvalue weighted by atomic mass is 10.1. The maximum atomic E-state index is 12.7. The van der Waals surface area contributed by atoms with Crippen LogP contribution in [0.3, 0.4) is 0 Å². The van der Waals surface area contributed by atoms with Gasteiger partial charge in [0.25, 0.3) is 0 Å². The number of nitriles is 1. The van der Waals surface area contributed by atoms with Crippen LogP contribution in [-0.4, -0.2) is 24.2 Å². The van der Waals surface area contributed by atoms with Crippen LogP contribution in [0.1, 0.15) is 18.9 Å². The average molecular weight is 293 g/mol. The van der Waals surface area contributed by atoms with E-state index in [4.69, 9.17) is 0 Å². The number of rotatable bonds is 4. The van der Waals surface area contributed by atoms with Crippen LogP contribution in [0, 0.1) is 11.3 Å². The van der Waals surface area contributed by atoms with Crippen LogP contribution < -0.4 is 4.90 Å². The summed E-state index contributed by atoms with van der Waals surface area (Å²) >= 11 is 0. The molecule has 0 aliphatic rings. The Morgan fingerprint density at radius 3 is 2.62 bits per heavy atom. The number of benzene rings is 1. The number of hydrogen-bond donors (Lipinski definition) is 0. The van der Waals surface area contributed by atoms with Crippen molar-refractivity contribution in [2.45, 2.75) is 19.5 Å². The summed E-state index contributed by atoms with van der Waals surface area (Å²) in [5.74, 6) is 0.0929. The standard InChI is InChI=1S/C15H14F3N3/c1-2-7-21(10-15(16,17)18)14-12(9-19)8-11-5-3-4-6-13(11)20-14/h3-6,8H,2,7,10H2,1H3. The summed E-state index contributed by atoms with van der Waals surface area (Å²) in [4.78, 5) is 5.37. The molecule has 0 saturated heterocycles. The fourth-order valence-corrected chi connectivity index (χ4v) is 2.18.